The summed E-state index contributed by atoms with van der Waals surface area (Å²) in [6.07, 6.45) is 2.32. The summed E-state index contributed by atoms with van der Waals surface area (Å²) in [4.78, 5) is 37.2. The van der Waals surface area contributed by atoms with Crippen LogP contribution in [0.2, 0.25) is 0 Å². The van der Waals surface area contributed by atoms with Gasteiger partial charge in [0.05, 0.1) is 0 Å². The van der Waals surface area contributed by atoms with Gasteiger partial charge in [0, 0.05) is 11.3 Å². The van der Waals surface area contributed by atoms with Gasteiger partial charge in [-0.3, -0.25) is 9.59 Å². The Hall–Kier alpha value is -3.32. The number of anilines is 1. The molecule has 0 aliphatic heterocycles. The third-order valence-corrected chi connectivity index (χ3v) is 5.26. The second-order valence-corrected chi connectivity index (χ2v) is 7.88. The molecule has 2 amide bonds. The van der Waals surface area contributed by atoms with E-state index in [2.05, 4.69) is 10.6 Å². The van der Waals surface area contributed by atoms with Gasteiger partial charge in [0.25, 0.3) is 11.8 Å². The molecule has 0 saturated heterocycles. The number of carbonyl (C=O) groups is 3. The molecule has 1 atom stereocenters. The van der Waals surface area contributed by atoms with Crippen LogP contribution in [-0.2, 0) is 14.3 Å². The summed E-state index contributed by atoms with van der Waals surface area (Å²) in [7, 11) is 0. The highest BCUT2D eigenvalue weighted by molar-refractivity contribution is 7.98. The van der Waals surface area contributed by atoms with Gasteiger partial charge < -0.3 is 15.4 Å². The van der Waals surface area contributed by atoms with E-state index >= 15 is 0 Å². The average molecular weight is 437 g/mol. The Bertz CT molecular complexity index is 1060. The van der Waals surface area contributed by atoms with Crippen LogP contribution < -0.4 is 10.6 Å². The summed E-state index contributed by atoms with van der Waals surface area (Å²) < 4.78 is 5.18. The maximum absolute atomic E-state index is 12.5. The van der Waals surface area contributed by atoms with E-state index in [0.29, 0.717) is 23.4 Å². The van der Waals surface area contributed by atoms with Crippen molar-refractivity contribution in [1.82, 2.24) is 5.32 Å². The van der Waals surface area contributed by atoms with Gasteiger partial charge in [-0.15, -0.1) is 0 Å². The minimum Gasteiger partial charge on any atom is -0.454 e. The van der Waals surface area contributed by atoms with Crippen LogP contribution in [0.25, 0.3) is 10.8 Å². The highest BCUT2D eigenvalue weighted by Crippen LogP contribution is 2.18. The lowest BCUT2D eigenvalue weighted by atomic mass is 10.1. The zero-order chi connectivity index (χ0) is 22.1. The molecule has 3 aromatic carbocycles. The Labute approximate surface area is 185 Å². The van der Waals surface area contributed by atoms with Crippen LogP contribution >= 0.6 is 11.8 Å². The van der Waals surface area contributed by atoms with E-state index in [4.69, 9.17) is 4.74 Å². The fraction of sp³-hybridized carbons (Fsp3) is 0.208. The lowest BCUT2D eigenvalue weighted by Gasteiger charge is -2.17. The second-order valence-electron chi connectivity index (χ2n) is 6.89. The van der Waals surface area contributed by atoms with Crippen LogP contribution in [-0.4, -0.2) is 42.4 Å². The first-order valence-corrected chi connectivity index (χ1v) is 11.3. The number of carbonyl (C=O) groups excluding carboxylic acids is 3. The summed E-state index contributed by atoms with van der Waals surface area (Å²) in [5, 5.41) is 7.50. The van der Waals surface area contributed by atoms with E-state index in [0.717, 1.165) is 10.8 Å². The van der Waals surface area contributed by atoms with Crippen molar-refractivity contribution in [3.8, 4) is 0 Å². The molecule has 31 heavy (non-hydrogen) atoms. The Balaban J connectivity index is 1.56. The maximum Gasteiger partial charge on any atom is 0.329 e. The van der Waals surface area contributed by atoms with Crippen molar-refractivity contribution in [2.45, 2.75) is 12.5 Å². The summed E-state index contributed by atoms with van der Waals surface area (Å²) in [6, 6.07) is 21.2. The average Bonchev–Trinajstić information content (AvgIpc) is 2.80. The third kappa shape index (κ3) is 6.58. The first-order chi connectivity index (χ1) is 15.1. The Morgan fingerprint density at radius 1 is 0.935 bits per heavy atom. The van der Waals surface area contributed by atoms with Crippen LogP contribution in [0.3, 0.4) is 0 Å². The largest absolute Gasteiger partial charge is 0.454 e. The number of amides is 2. The Morgan fingerprint density at radius 2 is 1.65 bits per heavy atom. The highest BCUT2D eigenvalue weighted by Gasteiger charge is 2.23. The number of thioether (sulfide) groups is 1. The van der Waals surface area contributed by atoms with E-state index in [-0.39, 0.29) is 5.91 Å². The first-order valence-electron chi connectivity index (χ1n) is 9.87. The molecule has 0 heterocycles. The standard InChI is InChI=1S/C24H24N2O4S/c1-31-14-13-21(26-23(28)18-8-3-2-4-9-18)24(29)30-16-22(27)25-20-12-11-17-7-5-6-10-19(17)15-20/h2-12,15,21H,13-14,16H2,1H3,(H,25,27)(H,26,28)/t21-/m1/s1. The van der Waals surface area contributed by atoms with Crippen LogP contribution in [0.15, 0.2) is 72.8 Å². The SMILES string of the molecule is CSCC[C@@H](NC(=O)c1ccccc1)C(=O)OCC(=O)Nc1ccc2ccccc2c1. The fourth-order valence-electron chi connectivity index (χ4n) is 3.02. The molecule has 0 bridgehead atoms. The molecular weight excluding hydrogens is 412 g/mol. The van der Waals surface area contributed by atoms with E-state index in [1.165, 1.54) is 0 Å². The van der Waals surface area contributed by atoms with Gasteiger partial charge >= 0.3 is 5.97 Å². The molecule has 6 nitrogen and oxygen atoms in total. The van der Waals surface area contributed by atoms with Crippen LogP contribution in [0, 0.1) is 0 Å². The van der Waals surface area contributed by atoms with Gasteiger partial charge in [-0.25, -0.2) is 4.79 Å². The van der Waals surface area contributed by atoms with Crippen molar-refractivity contribution >= 4 is 46.0 Å². The summed E-state index contributed by atoms with van der Waals surface area (Å²) in [5.41, 5.74) is 1.08. The number of ether oxygens (including phenoxy) is 1. The Morgan fingerprint density at radius 3 is 2.39 bits per heavy atom. The van der Waals surface area contributed by atoms with Crippen molar-refractivity contribution in [3.63, 3.8) is 0 Å². The summed E-state index contributed by atoms with van der Waals surface area (Å²) >= 11 is 1.56. The summed E-state index contributed by atoms with van der Waals surface area (Å²) in [6.45, 7) is -0.428. The number of benzene rings is 3. The number of esters is 1. The molecule has 3 rings (SSSR count). The highest BCUT2D eigenvalue weighted by atomic mass is 32.2. The Kier molecular flexibility index (Phi) is 8.06. The van der Waals surface area contributed by atoms with E-state index in [1.54, 1.807) is 42.1 Å². The van der Waals surface area contributed by atoms with Gasteiger partial charge in [-0.1, -0.05) is 48.5 Å². The predicted octanol–water partition coefficient (Wildman–Crippen LogP) is 3.87. The van der Waals surface area contributed by atoms with E-state index < -0.39 is 24.5 Å². The van der Waals surface area contributed by atoms with Crippen LogP contribution in [0.1, 0.15) is 16.8 Å². The molecule has 0 fully saturated rings. The fourth-order valence-corrected chi connectivity index (χ4v) is 3.49. The van der Waals surface area contributed by atoms with Crippen molar-refractivity contribution in [3.05, 3.63) is 78.4 Å². The van der Waals surface area contributed by atoms with Gasteiger partial charge in [0.1, 0.15) is 6.04 Å². The van der Waals surface area contributed by atoms with E-state index in [9.17, 15) is 14.4 Å². The normalized spacial score (nSPS) is 11.5. The van der Waals surface area contributed by atoms with Crippen molar-refractivity contribution in [1.29, 1.82) is 0 Å². The molecule has 0 unspecified atom stereocenters. The zero-order valence-electron chi connectivity index (χ0n) is 17.2. The molecule has 2 N–H and O–H groups in total. The van der Waals surface area contributed by atoms with Crippen molar-refractivity contribution < 1.29 is 19.1 Å². The number of fused-ring (bicyclic) bond motifs is 1. The molecule has 3 aromatic rings. The molecular formula is C24H24N2O4S. The minimum atomic E-state index is -0.825. The third-order valence-electron chi connectivity index (χ3n) is 4.62. The predicted molar refractivity (Wildman–Crippen MR) is 124 cm³/mol. The molecule has 160 valence electrons. The smallest absolute Gasteiger partial charge is 0.329 e. The second kappa shape index (κ2) is 11.2. The zero-order valence-corrected chi connectivity index (χ0v) is 18.0. The lowest BCUT2D eigenvalue weighted by molar-refractivity contribution is -0.149. The summed E-state index contributed by atoms with van der Waals surface area (Å²) in [5.74, 6) is -0.768. The molecule has 0 aliphatic carbocycles. The number of nitrogens with one attached hydrogen (secondary N) is 2. The minimum absolute atomic E-state index is 0.357. The number of hydrogen-bond acceptors (Lipinski definition) is 5. The van der Waals surface area contributed by atoms with Crippen LogP contribution in [0.4, 0.5) is 5.69 Å². The number of rotatable bonds is 9. The van der Waals surface area contributed by atoms with Crippen molar-refractivity contribution in [2.75, 3.05) is 23.9 Å². The monoisotopic (exact) mass is 436 g/mol. The van der Waals surface area contributed by atoms with Crippen molar-refractivity contribution in [2.24, 2.45) is 0 Å². The van der Waals surface area contributed by atoms with Gasteiger partial charge in [-0.2, -0.15) is 11.8 Å². The molecule has 0 saturated carbocycles. The van der Waals surface area contributed by atoms with Crippen LogP contribution in [0.5, 0.6) is 0 Å². The molecule has 0 spiro atoms. The molecule has 0 radical (unpaired) electrons. The maximum atomic E-state index is 12.5. The quantitative estimate of drug-likeness (QED) is 0.498. The van der Waals surface area contributed by atoms with Gasteiger partial charge in [-0.05, 0) is 53.5 Å². The topological polar surface area (TPSA) is 84.5 Å². The van der Waals surface area contributed by atoms with Gasteiger partial charge in [0.15, 0.2) is 6.61 Å². The molecule has 0 aliphatic rings. The van der Waals surface area contributed by atoms with Gasteiger partial charge in [0.2, 0.25) is 0 Å². The van der Waals surface area contributed by atoms with E-state index in [1.807, 2.05) is 48.7 Å². The molecule has 7 heteroatoms. The molecule has 0 aromatic heterocycles. The lowest BCUT2D eigenvalue weighted by Crippen LogP contribution is -2.43. The number of hydrogen-bond donors (Lipinski definition) is 2. The first kappa shape index (κ1) is 22.4.